The Hall–Kier alpha value is -2.40. The van der Waals surface area contributed by atoms with Crippen molar-refractivity contribution in [2.24, 2.45) is 0 Å². The van der Waals surface area contributed by atoms with Crippen LogP contribution in [0.25, 0.3) is 0 Å². The van der Waals surface area contributed by atoms with Crippen molar-refractivity contribution in [2.75, 3.05) is 10.6 Å². The summed E-state index contributed by atoms with van der Waals surface area (Å²) in [4.78, 5) is 27.4. The number of nitrogens with one attached hydrogen (secondary N) is 2. The third-order valence-electron chi connectivity index (χ3n) is 2.56. The van der Waals surface area contributed by atoms with Gasteiger partial charge in [-0.05, 0) is 36.8 Å². The first-order valence-corrected chi connectivity index (χ1v) is 6.23. The van der Waals surface area contributed by atoms with Gasteiger partial charge < -0.3 is 10.6 Å². The minimum atomic E-state index is -0.789. The molecule has 0 aliphatic carbocycles. The Kier molecular flexibility index (Phi) is 4.32. The van der Waals surface area contributed by atoms with Crippen LogP contribution in [0.1, 0.15) is 5.56 Å². The molecule has 102 valence electrons. The molecule has 20 heavy (non-hydrogen) atoms. The predicted octanol–water partition coefficient (Wildman–Crippen LogP) is 2.62. The fourth-order valence-electron chi connectivity index (χ4n) is 1.52. The summed E-state index contributed by atoms with van der Waals surface area (Å²) in [5.41, 5.74) is 1.31. The van der Waals surface area contributed by atoms with Gasteiger partial charge in [-0.2, -0.15) is 0 Å². The van der Waals surface area contributed by atoms with Crippen LogP contribution in [0.4, 0.5) is 11.5 Å². The number of amides is 2. The zero-order valence-electron chi connectivity index (χ0n) is 10.7. The van der Waals surface area contributed by atoms with E-state index in [1.807, 2.05) is 6.92 Å². The van der Waals surface area contributed by atoms with E-state index in [2.05, 4.69) is 15.6 Å². The molecule has 0 bridgehead atoms. The highest BCUT2D eigenvalue weighted by molar-refractivity contribution is 6.43. The van der Waals surface area contributed by atoms with E-state index in [4.69, 9.17) is 11.6 Å². The SMILES string of the molecule is Cc1ccc(Cl)cc1NC(=O)C(=O)Nc1ccccn1. The maximum atomic E-state index is 11.8. The molecule has 0 unspecified atom stereocenters. The van der Waals surface area contributed by atoms with E-state index in [0.29, 0.717) is 16.5 Å². The second kappa shape index (κ2) is 6.16. The van der Waals surface area contributed by atoms with Crippen LogP contribution in [0.2, 0.25) is 5.02 Å². The van der Waals surface area contributed by atoms with Crippen molar-refractivity contribution in [3.05, 3.63) is 53.2 Å². The molecule has 6 heteroatoms. The third-order valence-corrected chi connectivity index (χ3v) is 2.80. The van der Waals surface area contributed by atoms with Gasteiger partial charge in [0.25, 0.3) is 0 Å². The molecule has 2 N–H and O–H groups in total. The van der Waals surface area contributed by atoms with Crippen molar-refractivity contribution in [1.82, 2.24) is 4.98 Å². The van der Waals surface area contributed by atoms with Crippen molar-refractivity contribution in [3.63, 3.8) is 0 Å². The zero-order valence-corrected chi connectivity index (χ0v) is 11.4. The zero-order chi connectivity index (χ0) is 14.5. The van der Waals surface area contributed by atoms with Gasteiger partial charge in [-0.3, -0.25) is 9.59 Å². The highest BCUT2D eigenvalue weighted by Gasteiger charge is 2.15. The number of halogens is 1. The van der Waals surface area contributed by atoms with Crippen LogP contribution in [0.3, 0.4) is 0 Å². The Bertz CT molecular complexity index is 644. The van der Waals surface area contributed by atoms with Crippen molar-refractivity contribution >= 4 is 34.9 Å². The van der Waals surface area contributed by atoms with Gasteiger partial charge in [0, 0.05) is 16.9 Å². The molecule has 0 aliphatic rings. The Labute approximate surface area is 121 Å². The minimum absolute atomic E-state index is 0.315. The summed E-state index contributed by atoms with van der Waals surface area (Å²) in [5, 5.41) is 5.39. The summed E-state index contributed by atoms with van der Waals surface area (Å²) in [6.07, 6.45) is 1.52. The number of aromatic nitrogens is 1. The van der Waals surface area contributed by atoms with Crippen LogP contribution in [0.15, 0.2) is 42.6 Å². The van der Waals surface area contributed by atoms with E-state index < -0.39 is 11.8 Å². The molecule has 2 amide bonds. The second-order valence-corrected chi connectivity index (χ2v) is 4.52. The summed E-state index contributed by atoms with van der Waals surface area (Å²) < 4.78 is 0. The largest absolute Gasteiger partial charge is 0.317 e. The first kappa shape index (κ1) is 14.0. The molecule has 0 aliphatic heterocycles. The van der Waals surface area contributed by atoms with Gasteiger partial charge in [0.15, 0.2) is 0 Å². The van der Waals surface area contributed by atoms with Crippen LogP contribution in [0.5, 0.6) is 0 Å². The predicted molar refractivity (Wildman–Crippen MR) is 77.7 cm³/mol. The lowest BCUT2D eigenvalue weighted by molar-refractivity contribution is -0.133. The molecule has 0 spiro atoms. The van der Waals surface area contributed by atoms with Gasteiger partial charge in [-0.1, -0.05) is 23.7 Å². The smallest absolute Gasteiger partial charge is 0.315 e. The van der Waals surface area contributed by atoms with E-state index in [-0.39, 0.29) is 0 Å². The molecule has 0 radical (unpaired) electrons. The van der Waals surface area contributed by atoms with Crippen LogP contribution in [0, 0.1) is 6.92 Å². The lowest BCUT2D eigenvalue weighted by atomic mass is 10.2. The van der Waals surface area contributed by atoms with E-state index in [9.17, 15) is 9.59 Å². The fourth-order valence-corrected chi connectivity index (χ4v) is 1.69. The summed E-state index contributed by atoms with van der Waals surface area (Å²) in [6, 6.07) is 10.1. The van der Waals surface area contributed by atoms with Crippen LogP contribution in [-0.2, 0) is 9.59 Å². The maximum absolute atomic E-state index is 11.8. The highest BCUT2D eigenvalue weighted by atomic mass is 35.5. The maximum Gasteiger partial charge on any atom is 0.315 e. The number of carbonyl (C=O) groups excluding carboxylic acids is 2. The van der Waals surface area contributed by atoms with Gasteiger partial charge in [-0.25, -0.2) is 4.98 Å². The first-order valence-electron chi connectivity index (χ1n) is 5.86. The Morgan fingerprint density at radius 3 is 2.55 bits per heavy atom. The number of aryl methyl sites for hydroxylation is 1. The number of anilines is 2. The Morgan fingerprint density at radius 1 is 1.10 bits per heavy atom. The van der Waals surface area contributed by atoms with Crippen LogP contribution < -0.4 is 10.6 Å². The lowest BCUT2D eigenvalue weighted by Gasteiger charge is -2.08. The number of carbonyl (C=O) groups is 2. The molecule has 0 saturated carbocycles. The standard InChI is InChI=1S/C14H12ClN3O2/c1-9-5-6-10(15)8-11(9)17-13(19)14(20)18-12-4-2-3-7-16-12/h2-8H,1H3,(H,17,19)(H,16,18,20). The number of rotatable bonds is 2. The van der Waals surface area contributed by atoms with Crippen LogP contribution in [-0.4, -0.2) is 16.8 Å². The average molecular weight is 290 g/mol. The monoisotopic (exact) mass is 289 g/mol. The normalized spacial score (nSPS) is 9.90. The van der Waals surface area contributed by atoms with Gasteiger partial charge in [0.1, 0.15) is 5.82 Å². The molecule has 0 atom stereocenters. The second-order valence-electron chi connectivity index (χ2n) is 4.08. The lowest BCUT2D eigenvalue weighted by Crippen LogP contribution is -2.29. The number of pyridine rings is 1. The van der Waals surface area contributed by atoms with E-state index in [1.54, 1.807) is 36.4 Å². The summed E-state index contributed by atoms with van der Waals surface area (Å²) in [7, 11) is 0. The van der Waals surface area contributed by atoms with Gasteiger partial charge in [0.05, 0.1) is 0 Å². The minimum Gasteiger partial charge on any atom is -0.317 e. The van der Waals surface area contributed by atoms with Crippen molar-refractivity contribution in [2.45, 2.75) is 6.92 Å². The van der Waals surface area contributed by atoms with E-state index >= 15 is 0 Å². The molecule has 2 aromatic rings. The van der Waals surface area contributed by atoms with Crippen LogP contribution >= 0.6 is 11.6 Å². The molecule has 0 fully saturated rings. The molecular formula is C14H12ClN3O2. The summed E-state index contributed by atoms with van der Waals surface area (Å²) in [5.74, 6) is -1.25. The summed E-state index contributed by atoms with van der Waals surface area (Å²) in [6.45, 7) is 1.81. The molecule has 5 nitrogen and oxygen atoms in total. The average Bonchev–Trinajstić information content (AvgIpc) is 2.44. The number of hydrogen-bond acceptors (Lipinski definition) is 3. The number of nitrogens with zero attached hydrogens (tertiary/aromatic N) is 1. The highest BCUT2D eigenvalue weighted by Crippen LogP contribution is 2.20. The molecule has 1 aromatic heterocycles. The third kappa shape index (κ3) is 3.55. The molecule has 1 heterocycles. The van der Waals surface area contributed by atoms with E-state index in [1.165, 1.54) is 6.20 Å². The molecule has 2 rings (SSSR count). The number of hydrogen-bond donors (Lipinski definition) is 2. The van der Waals surface area contributed by atoms with Crippen molar-refractivity contribution < 1.29 is 9.59 Å². The Morgan fingerprint density at radius 2 is 1.85 bits per heavy atom. The molecule has 0 saturated heterocycles. The summed E-state index contributed by atoms with van der Waals surface area (Å²) >= 11 is 5.85. The molecule has 1 aromatic carbocycles. The van der Waals surface area contributed by atoms with Gasteiger partial charge >= 0.3 is 11.8 Å². The van der Waals surface area contributed by atoms with Gasteiger partial charge in [-0.15, -0.1) is 0 Å². The first-order chi connectivity index (χ1) is 9.56. The Balaban J connectivity index is 2.04. The quantitative estimate of drug-likeness (QED) is 0.835. The fraction of sp³-hybridized carbons (Fsp3) is 0.0714. The van der Waals surface area contributed by atoms with Crippen molar-refractivity contribution in [3.8, 4) is 0 Å². The van der Waals surface area contributed by atoms with Crippen molar-refractivity contribution in [1.29, 1.82) is 0 Å². The van der Waals surface area contributed by atoms with E-state index in [0.717, 1.165) is 5.56 Å². The number of benzene rings is 1. The van der Waals surface area contributed by atoms with Gasteiger partial charge in [0.2, 0.25) is 0 Å². The topological polar surface area (TPSA) is 71.1 Å². The molecular weight excluding hydrogens is 278 g/mol.